The average Bonchev–Trinajstić information content (AvgIpc) is 2.52. The summed E-state index contributed by atoms with van der Waals surface area (Å²) in [5.41, 5.74) is 2.56. The third-order valence-electron chi connectivity index (χ3n) is 3.91. The number of halogens is 2. The molecular formula is C18H22ClFN3S+. The lowest BCUT2D eigenvalue weighted by molar-refractivity contribution is -0.890. The molecule has 0 radical (unpaired) electrons. The molecule has 0 saturated carbocycles. The number of benzene rings is 2. The standard InChI is InChI=1S/C18H21ClFN3S/c1-12-7-4-5-10-15(12)22-18(24)21-11-16(23(2)3)17-13(19)8-6-9-14(17)20/h4-10,16H,11H2,1-3H3,(H2,21,22,24)/p+1/t16-/m0/s1. The average molecular weight is 367 g/mol. The van der Waals surface area contributed by atoms with Crippen LogP contribution in [0.3, 0.4) is 0 Å². The number of hydrogen-bond donors (Lipinski definition) is 3. The molecule has 0 fully saturated rings. The lowest BCUT2D eigenvalue weighted by Crippen LogP contribution is -3.07. The van der Waals surface area contributed by atoms with Crippen LogP contribution in [0.25, 0.3) is 0 Å². The molecule has 0 aliphatic heterocycles. The zero-order chi connectivity index (χ0) is 17.7. The summed E-state index contributed by atoms with van der Waals surface area (Å²) in [6.07, 6.45) is 0. The molecule has 0 unspecified atom stereocenters. The summed E-state index contributed by atoms with van der Waals surface area (Å²) in [7, 11) is 3.93. The molecule has 2 aromatic carbocycles. The highest BCUT2D eigenvalue weighted by atomic mass is 35.5. The van der Waals surface area contributed by atoms with Crippen molar-refractivity contribution in [1.29, 1.82) is 0 Å². The van der Waals surface area contributed by atoms with Crippen molar-refractivity contribution < 1.29 is 9.29 Å². The number of anilines is 1. The largest absolute Gasteiger partial charge is 0.356 e. The quantitative estimate of drug-likeness (QED) is 0.710. The summed E-state index contributed by atoms with van der Waals surface area (Å²) < 4.78 is 14.2. The van der Waals surface area contributed by atoms with Crippen LogP contribution >= 0.6 is 23.8 Å². The van der Waals surface area contributed by atoms with Gasteiger partial charge in [0.1, 0.15) is 11.9 Å². The number of para-hydroxylation sites is 1. The minimum absolute atomic E-state index is 0.157. The van der Waals surface area contributed by atoms with Crippen LogP contribution in [0.4, 0.5) is 10.1 Å². The first-order chi connectivity index (χ1) is 11.4. The Morgan fingerprint density at radius 2 is 1.92 bits per heavy atom. The maximum atomic E-state index is 14.2. The monoisotopic (exact) mass is 366 g/mol. The minimum atomic E-state index is -0.298. The minimum Gasteiger partial charge on any atom is -0.356 e. The van der Waals surface area contributed by atoms with Crippen LogP contribution < -0.4 is 15.5 Å². The van der Waals surface area contributed by atoms with Gasteiger partial charge in [0.15, 0.2) is 5.11 Å². The van der Waals surface area contributed by atoms with E-state index in [4.69, 9.17) is 23.8 Å². The fourth-order valence-electron chi connectivity index (χ4n) is 2.51. The zero-order valence-corrected chi connectivity index (χ0v) is 15.6. The molecule has 2 rings (SSSR count). The molecule has 2 aromatic rings. The van der Waals surface area contributed by atoms with Gasteiger partial charge in [0.05, 0.1) is 31.2 Å². The van der Waals surface area contributed by atoms with Gasteiger partial charge in [-0.3, -0.25) is 0 Å². The molecule has 0 spiro atoms. The number of rotatable bonds is 5. The highest BCUT2D eigenvalue weighted by Crippen LogP contribution is 2.24. The zero-order valence-electron chi connectivity index (χ0n) is 14.0. The van der Waals surface area contributed by atoms with Gasteiger partial charge in [-0.05, 0) is 42.9 Å². The van der Waals surface area contributed by atoms with Crippen molar-refractivity contribution in [1.82, 2.24) is 5.32 Å². The van der Waals surface area contributed by atoms with E-state index in [1.165, 1.54) is 6.07 Å². The van der Waals surface area contributed by atoms with Crippen molar-refractivity contribution in [2.45, 2.75) is 13.0 Å². The summed E-state index contributed by atoms with van der Waals surface area (Å²) in [6.45, 7) is 2.48. The predicted molar refractivity (Wildman–Crippen MR) is 102 cm³/mol. The molecular weight excluding hydrogens is 345 g/mol. The van der Waals surface area contributed by atoms with E-state index >= 15 is 0 Å². The lowest BCUT2D eigenvalue weighted by atomic mass is 10.1. The van der Waals surface area contributed by atoms with Gasteiger partial charge in [-0.25, -0.2) is 4.39 Å². The van der Waals surface area contributed by atoms with Crippen molar-refractivity contribution in [3.63, 3.8) is 0 Å². The number of likely N-dealkylation sites (N-methyl/N-ethyl adjacent to an activating group) is 1. The second-order valence-corrected chi connectivity index (χ2v) is 6.73. The Hall–Kier alpha value is -1.69. The smallest absolute Gasteiger partial charge is 0.171 e. The van der Waals surface area contributed by atoms with E-state index < -0.39 is 0 Å². The molecule has 0 bridgehead atoms. The molecule has 6 heteroatoms. The Labute approximate surface area is 152 Å². The van der Waals surface area contributed by atoms with Crippen LogP contribution in [0.5, 0.6) is 0 Å². The van der Waals surface area contributed by atoms with E-state index in [1.54, 1.807) is 12.1 Å². The second-order valence-electron chi connectivity index (χ2n) is 5.92. The van der Waals surface area contributed by atoms with E-state index in [0.29, 0.717) is 22.2 Å². The Bertz CT molecular complexity index is 701. The third kappa shape index (κ3) is 4.66. The summed E-state index contributed by atoms with van der Waals surface area (Å²) in [5, 5.41) is 7.27. The first-order valence-electron chi connectivity index (χ1n) is 7.74. The molecule has 0 aromatic heterocycles. The van der Waals surface area contributed by atoms with Gasteiger partial charge in [0, 0.05) is 5.69 Å². The molecule has 0 aliphatic carbocycles. The van der Waals surface area contributed by atoms with Crippen LogP contribution in [-0.2, 0) is 0 Å². The van der Waals surface area contributed by atoms with Crippen LogP contribution in [0.2, 0.25) is 5.02 Å². The van der Waals surface area contributed by atoms with Gasteiger partial charge >= 0.3 is 0 Å². The molecule has 3 N–H and O–H groups in total. The van der Waals surface area contributed by atoms with Gasteiger partial charge in [-0.2, -0.15) is 0 Å². The topological polar surface area (TPSA) is 28.5 Å². The van der Waals surface area contributed by atoms with Crippen molar-refractivity contribution in [3.05, 3.63) is 64.4 Å². The van der Waals surface area contributed by atoms with Crippen LogP contribution in [0, 0.1) is 12.7 Å². The van der Waals surface area contributed by atoms with Gasteiger partial charge in [0.2, 0.25) is 0 Å². The molecule has 0 heterocycles. The number of hydrogen-bond acceptors (Lipinski definition) is 1. The number of quaternary nitrogens is 1. The first-order valence-corrected chi connectivity index (χ1v) is 8.53. The second kappa shape index (κ2) is 8.42. The molecule has 0 aliphatic rings. The van der Waals surface area contributed by atoms with E-state index in [9.17, 15) is 4.39 Å². The van der Waals surface area contributed by atoms with Crippen molar-refractivity contribution in [2.24, 2.45) is 0 Å². The molecule has 3 nitrogen and oxygen atoms in total. The Kier molecular flexibility index (Phi) is 6.54. The fraction of sp³-hybridized carbons (Fsp3) is 0.278. The number of aryl methyl sites for hydroxylation is 1. The lowest BCUT2D eigenvalue weighted by Gasteiger charge is -2.24. The molecule has 0 saturated heterocycles. The molecule has 0 amide bonds. The number of nitrogens with one attached hydrogen (secondary N) is 3. The molecule has 128 valence electrons. The van der Waals surface area contributed by atoms with Crippen LogP contribution in [0.1, 0.15) is 17.2 Å². The Morgan fingerprint density at radius 3 is 2.54 bits per heavy atom. The molecule has 24 heavy (non-hydrogen) atoms. The number of thiocarbonyl (C=S) groups is 1. The van der Waals surface area contributed by atoms with Gasteiger partial charge in [0.25, 0.3) is 0 Å². The summed E-state index contributed by atoms with van der Waals surface area (Å²) in [6, 6.07) is 12.5. The predicted octanol–water partition coefficient (Wildman–Crippen LogP) is 2.96. The van der Waals surface area contributed by atoms with Crippen LogP contribution in [0.15, 0.2) is 42.5 Å². The summed E-state index contributed by atoms with van der Waals surface area (Å²) >= 11 is 11.6. The fourth-order valence-corrected chi connectivity index (χ4v) is 3.00. The van der Waals surface area contributed by atoms with Gasteiger partial charge in [-0.1, -0.05) is 35.9 Å². The highest BCUT2D eigenvalue weighted by molar-refractivity contribution is 7.80. The van der Waals surface area contributed by atoms with Crippen molar-refractivity contribution in [3.8, 4) is 0 Å². The van der Waals surface area contributed by atoms with Crippen molar-refractivity contribution in [2.75, 3.05) is 26.0 Å². The summed E-state index contributed by atoms with van der Waals surface area (Å²) in [4.78, 5) is 1.06. The Morgan fingerprint density at radius 1 is 1.21 bits per heavy atom. The van der Waals surface area contributed by atoms with Gasteiger partial charge in [-0.15, -0.1) is 0 Å². The third-order valence-corrected chi connectivity index (χ3v) is 4.48. The summed E-state index contributed by atoms with van der Waals surface area (Å²) in [5.74, 6) is -0.298. The van der Waals surface area contributed by atoms with E-state index in [-0.39, 0.29) is 11.9 Å². The normalized spacial score (nSPS) is 12.1. The molecule has 1 atom stereocenters. The highest BCUT2D eigenvalue weighted by Gasteiger charge is 2.24. The SMILES string of the molecule is Cc1ccccc1NC(=S)NC[C@@H](c1c(F)cccc1Cl)[NH+](C)C. The maximum absolute atomic E-state index is 14.2. The maximum Gasteiger partial charge on any atom is 0.171 e. The van der Waals surface area contributed by atoms with E-state index in [1.807, 2.05) is 45.3 Å². The van der Waals surface area contributed by atoms with E-state index in [2.05, 4.69) is 10.6 Å². The van der Waals surface area contributed by atoms with Crippen LogP contribution in [-0.4, -0.2) is 25.8 Å². The van der Waals surface area contributed by atoms with Gasteiger partial charge < -0.3 is 15.5 Å². The van der Waals surface area contributed by atoms with Crippen molar-refractivity contribution >= 4 is 34.6 Å². The Balaban J connectivity index is 2.07. The van der Waals surface area contributed by atoms with E-state index in [0.717, 1.165) is 16.2 Å². The first kappa shape index (κ1) is 18.6.